The summed E-state index contributed by atoms with van der Waals surface area (Å²) in [4.78, 5) is 11.9. The summed E-state index contributed by atoms with van der Waals surface area (Å²) in [5, 5.41) is 6.22. The zero-order chi connectivity index (χ0) is 13.5. The topological polar surface area (TPSA) is 50.4 Å². The predicted octanol–water partition coefficient (Wildman–Crippen LogP) is 1.57. The molecule has 2 N–H and O–H groups in total. The quantitative estimate of drug-likeness (QED) is 0.847. The molecule has 1 aromatic carbocycles. The highest BCUT2D eigenvalue weighted by Gasteiger charge is 2.20. The van der Waals surface area contributed by atoms with Crippen LogP contribution in [0.15, 0.2) is 30.3 Å². The third-order valence-electron chi connectivity index (χ3n) is 3.31. The maximum atomic E-state index is 11.9. The Morgan fingerprint density at radius 1 is 1.47 bits per heavy atom. The molecule has 2 unspecified atom stereocenters. The van der Waals surface area contributed by atoms with Gasteiger partial charge in [-0.25, -0.2) is 0 Å². The molecule has 1 saturated heterocycles. The van der Waals surface area contributed by atoms with Gasteiger partial charge >= 0.3 is 0 Å². The molecule has 1 aromatic rings. The fourth-order valence-electron chi connectivity index (χ4n) is 2.24. The molecule has 1 aliphatic heterocycles. The average Bonchev–Trinajstić information content (AvgIpc) is 2.47. The number of amides is 1. The molecule has 104 valence electrons. The number of ether oxygens (including phenoxy) is 1. The number of hydrogen-bond acceptors (Lipinski definition) is 3. The van der Waals surface area contributed by atoms with Gasteiger partial charge in [0.1, 0.15) is 11.9 Å². The van der Waals surface area contributed by atoms with E-state index in [4.69, 9.17) is 4.74 Å². The molecule has 0 radical (unpaired) electrons. The van der Waals surface area contributed by atoms with E-state index in [0.29, 0.717) is 6.54 Å². The van der Waals surface area contributed by atoms with Crippen LogP contribution >= 0.6 is 0 Å². The van der Waals surface area contributed by atoms with Gasteiger partial charge in [0.2, 0.25) is 5.91 Å². The standard InChI is InChI=1S/C15H22N2O2/c1-12(19-14-7-3-2-4-8-14)10-17-15(18)13-6-5-9-16-11-13/h2-4,7-8,12-13,16H,5-6,9-11H2,1H3,(H,17,18). The summed E-state index contributed by atoms with van der Waals surface area (Å²) in [5.74, 6) is 1.08. The van der Waals surface area contributed by atoms with E-state index in [1.165, 1.54) is 0 Å². The van der Waals surface area contributed by atoms with Crippen molar-refractivity contribution in [1.82, 2.24) is 10.6 Å². The third-order valence-corrected chi connectivity index (χ3v) is 3.31. The molecule has 4 nitrogen and oxygen atoms in total. The Kier molecular flexibility index (Phi) is 5.21. The minimum absolute atomic E-state index is 0.0251. The second kappa shape index (κ2) is 7.14. The van der Waals surface area contributed by atoms with Gasteiger partial charge in [-0.15, -0.1) is 0 Å². The maximum absolute atomic E-state index is 11.9. The first-order valence-electron chi connectivity index (χ1n) is 6.96. The van der Waals surface area contributed by atoms with Gasteiger partial charge in [0.25, 0.3) is 0 Å². The lowest BCUT2D eigenvalue weighted by atomic mass is 9.99. The number of rotatable bonds is 5. The number of piperidine rings is 1. The van der Waals surface area contributed by atoms with Crippen LogP contribution in [0.4, 0.5) is 0 Å². The summed E-state index contributed by atoms with van der Waals surface area (Å²) in [6.07, 6.45) is 2.03. The first-order chi connectivity index (χ1) is 9.25. The lowest BCUT2D eigenvalue weighted by Gasteiger charge is -2.23. The fraction of sp³-hybridized carbons (Fsp3) is 0.533. The van der Waals surface area contributed by atoms with Gasteiger partial charge in [0.05, 0.1) is 12.5 Å². The van der Waals surface area contributed by atoms with Gasteiger partial charge in [-0.2, -0.15) is 0 Å². The summed E-state index contributed by atoms with van der Waals surface area (Å²) >= 11 is 0. The summed E-state index contributed by atoms with van der Waals surface area (Å²) in [6.45, 7) is 4.33. The summed E-state index contributed by atoms with van der Waals surface area (Å²) in [5.41, 5.74) is 0. The zero-order valence-corrected chi connectivity index (χ0v) is 11.4. The number of carbonyl (C=O) groups excluding carboxylic acids is 1. The van der Waals surface area contributed by atoms with E-state index in [1.54, 1.807) is 0 Å². The van der Waals surface area contributed by atoms with E-state index in [2.05, 4.69) is 10.6 Å². The third kappa shape index (κ3) is 4.56. The van der Waals surface area contributed by atoms with Gasteiger partial charge in [0, 0.05) is 6.54 Å². The molecule has 0 saturated carbocycles. The molecule has 1 heterocycles. The monoisotopic (exact) mass is 262 g/mol. The van der Waals surface area contributed by atoms with Crippen LogP contribution in [0.3, 0.4) is 0 Å². The van der Waals surface area contributed by atoms with Crippen molar-refractivity contribution in [1.29, 1.82) is 0 Å². The highest BCUT2D eigenvalue weighted by atomic mass is 16.5. The van der Waals surface area contributed by atoms with Crippen LogP contribution in [0.25, 0.3) is 0 Å². The Bertz CT molecular complexity index is 388. The number of hydrogen-bond donors (Lipinski definition) is 2. The minimum Gasteiger partial charge on any atom is -0.489 e. The van der Waals surface area contributed by atoms with Crippen LogP contribution < -0.4 is 15.4 Å². The number of para-hydroxylation sites is 1. The molecule has 2 atom stereocenters. The number of benzene rings is 1. The second-order valence-electron chi connectivity index (χ2n) is 5.03. The van der Waals surface area contributed by atoms with E-state index >= 15 is 0 Å². The molecule has 0 bridgehead atoms. The number of nitrogens with one attached hydrogen (secondary N) is 2. The van der Waals surface area contributed by atoms with Crippen LogP contribution in [0.1, 0.15) is 19.8 Å². The van der Waals surface area contributed by atoms with Crippen molar-refractivity contribution in [3.63, 3.8) is 0 Å². The van der Waals surface area contributed by atoms with Gasteiger partial charge in [0.15, 0.2) is 0 Å². The number of carbonyl (C=O) groups is 1. The van der Waals surface area contributed by atoms with Crippen LogP contribution in [0.2, 0.25) is 0 Å². The van der Waals surface area contributed by atoms with E-state index in [-0.39, 0.29) is 17.9 Å². The predicted molar refractivity (Wildman–Crippen MR) is 75.1 cm³/mol. The smallest absolute Gasteiger partial charge is 0.224 e. The molecule has 0 aromatic heterocycles. The second-order valence-corrected chi connectivity index (χ2v) is 5.03. The van der Waals surface area contributed by atoms with Crippen LogP contribution in [0, 0.1) is 5.92 Å². The van der Waals surface area contributed by atoms with Gasteiger partial charge in [-0.05, 0) is 38.4 Å². The van der Waals surface area contributed by atoms with Crippen LogP contribution in [0.5, 0.6) is 5.75 Å². The van der Waals surface area contributed by atoms with Crippen LogP contribution in [-0.2, 0) is 4.79 Å². The van der Waals surface area contributed by atoms with Crippen molar-refractivity contribution in [2.24, 2.45) is 5.92 Å². The van der Waals surface area contributed by atoms with E-state index in [9.17, 15) is 4.79 Å². The molecular formula is C15H22N2O2. The first kappa shape index (κ1) is 13.9. The molecular weight excluding hydrogens is 240 g/mol. The van der Waals surface area contributed by atoms with E-state index < -0.39 is 0 Å². The van der Waals surface area contributed by atoms with E-state index in [0.717, 1.165) is 31.7 Å². The molecule has 0 spiro atoms. The molecule has 1 fully saturated rings. The Labute approximate surface area is 114 Å². The SMILES string of the molecule is CC(CNC(=O)C1CCCNC1)Oc1ccccc1. The fourth-order valence-corrected chi connectivity index (χ4v) is 2.24. The van der Waals surface area contributed by atoms with Crippen molar-refractivity contribution < 1.29 is 9.53 Å². The molecule has 4 heteroatoms. The van der Waals surface area contributed by atoms with Crippen LogP contribution in [-0.4, -0.2) is 31.6 Å². The molecule has 1 aliphatic rings. The lowest BCUT2D eigenvalue weighted by molar-refractivity contribution is -0.125. The van der Waals surface area contributed by atoms with Crippen molar-refractivity contribution >= 4 is 5.91 Å². The zero-order valence-electron chi connectivity index (χ0n) is 11.4. The average molecular weight is 262 g/mol. The highest BCUT2D eigenvalue weighted by molar-refractivity contribution is 5.78. The van der Waals surface area contributed by atoms with Crippen molar-refractivity contribution in [2.45, 2.75) is 25.9 Å². The van der Waals surface area contributed by atoms with Gasteiger partial charge in [-0.3, -0.25) is 4.79 Å². The van der Waals surface area contributed by atoms with Crippen molar-refractivity contribution in [3.8, 4) is 5.75 Å². The maximum Gasteiger partial charge on any atom is 0.224 e. The Morgan fingerprint density at radius 3 is 2.95 bits per heavy atom. The molecule has 1 amide bonds. The summed E-state index contributed by atoms with van der Waals surface area (Å²) < 4.78 is 5.72. The van der Waals surface area contributed by atoms with Gasteiger partial charge in [-0.1, -0.05) is 18.2 Å². The van der Waals surface area contributed by atoms with E-state index in [1.807, 2.05) is 37.3 Å². The lowest BCUT2D eigenvalue weighted by Crippen LogP contribution is -2.43. The van der Waals surface area contributed by atoms with Crippen molar-refractivity contribution in [2.75, 3.05) is 19.6 Å². The highest BCUT2D eigenvalue weighted by Crippen LogP contribution is 2.11. The van der Waals surface area contributed by atoms with Crippen molar-refractivity contribution in [3.05, 3.63) is 30.3 Å². The summed E-state index contributed by atoms with van der Waals surface area (Å²) in [7, 11) is 0. The Morgan fingerprint density at radius 2 is 2.26 bits per heavy atom. The minimum atomic E-state index is -0.0251. The van der Waals surface area contributed by atoms with Gasteiger partial charge < -0.3 is 15.4 Å². The summed E-state index contributed by atoms with van der Waals surface area (Å²) in [6, 6.07) is 9.67. The first-order valence-corrected chi connectivity index (χ1v) is 6.96. The Hall–Kier alpha value is -1.55. The molecule has 0 aliphatic carbocycles. The Balaban J connectivity index is 1.71. The molecule has 2 rings (SSSR count). The largest absolute Gasteiger partial charge is 0.489 e. The normalized spacial score (nSPS) is 20.6. The molecule has 19 heavy (non-hydrogen) atoms.